The van der Waals surface area contributed by atoms with Gasteiger partial charge >= 0.3 is 5.97 Å². The maximum absolute atomic E-state index is 11.1. The Balaban J connectivity index is 2.12. The van der Waals surface area contributed by atoms with Crippen molar-refractivity contribution in [2.24, 2.45) is 0 Å². The molecule has 100 valence electrons. The molecule has 0 bridgehead atoms. The van der Waals surface area contributed by atoms with Crippen molar-refractivity contribution in [2.75, 3.05) is 12.4 Å². The summed E-state index contributed by atoms with van der Waals surface area (Å²) in [4.78, 5) is 16.0. The van der Waals surface area contributed by atoms with Crippen molar-refractivity contribution in [1.82, 2.24) is 4.98 Å². The third-order valence-corrected chi connectivity index (χ3v) is 3.54. The summed E-state index contributed by atoms with van der Waals surface area (Å²) in [5.41, 5.74) is 0.817. The van der Waals surface area contributed by atoms with Crippen LogP contribution in [-0.2, 0) is 6.54 Å². The van der Waals surface area contributed by atoms with Crippen molar-refractivity contribution < 1.29 is 14.6 Å². The first-order chi connectivity index (χ1) is 9.10. The number of aromatic carboxylic acids is 1. The molecular formula is C12H11ClN2O3S. The van der Waals surface area contributed by atoms with E-state index in [2.05, 4.69) is 10.3 Å². The first kappa shape index (κ1) is 13.6. The van der Waals surface area contributed by atoms with Crippen LogP contribution in [0.5, 0.6) is 5.75 Å². The highest BCUT2D eigenvalue weighted by Gasteiger charge is 2.11. The summed E-state index contributed by atoms with van der Waals surface area (Å²) in [6.07, 6.45) is 1.68. The number of carboxylic acid groups (broad SMARTS) is 1. The predicted molar refractivity (Wildman–Crippen MR) is 74.4 cm³/mol. The SMILES string of the molecule is COc1ccc(NCc2cnc(Cl)s2)cc1C(=O)O. The summed E-state index contributed by atoms with van der Waals surface area (Å²) in [5, 5.41) is 12.2. The molecule has 0 radical (unpaired) electrons. The number of aromatic nitrogens is 1. The van der Waals surface area contributed by atoms with Gasteiger partial charge in [-0.05, 0) is 18.2 Å². The van der Waals surface area contributed by atoms with Crippen LogP contribution < -0.4 is 10.1 Å². The maximum Gasteiger partial charge on any atom is 0.339 e. The van der Waals surface area contributed by atoms with Gasteiger partial charge in [-0.1, -0.05) is 11.6 Å². The molecule has 2 rings (SSSR count). The minimum absolute atomic E-state index is 0.120. The molecule has 19 heavy (non-hydrogen) atoms. The van der Waals surface area contributed by atoms with Crippen LogP contribution in [0.2, 0.25) is 4.47 Å². The molecule has 0 unspecified atom stereocenters. The zero-order chi connectivity index (χ0) is 13.8. The Morgan fingerprint density at radius 3 is 2.95 bits per heavy atom. The smallest absolute Gasteiger partial charge is 0.339 e. The van der Waals surface area contributed by atoms with E-state index in [1.54, 1.807) is 18.3 Å². The fourth-order valence-electron chi connectivity index (χ4n) is 1.54. The summed E-state index contributed by atoms with van der Waals surface area (Å²) in [6.45, 7) is 0.537. The van der Waals surface area contributed by atoms with Gasteiger partial charge in [0, 0.05) is 16.8 Å². The Hall–Kier alpha value is -1.79. The normalized spacial score (nSPS) is 10.2. The molecular weight excluding hydrogens is 288 g/mol. The number of halogens is 1. The molecule has 0 aliphatic rings. The van der Waals surface area contributed by atoms with Gasteiger partial charge < -0.3 is 15.2 Å². The van der Waals surface area contributed by atoms with Crippen LogP contribution in [0.1, 0.15) is 15.2 Å². The van der Waals surface area contributed by atoms with Gasteiger partial charge in [-0.3, -0.25) is 0 Å². The van der Waals surface area contributed by atoms with Gasteiger partial charge in [-0.25, -0.2) is 9.78 Å². The van der Waals surface area contributed by atoms with Gasteiger partial charge in [0.1, 0.15) is 11.3 Å². The number of carboxylic acids is 1. The van der Waals surface area contributed by atoms with E-state index in [0.29, 0.717) is 22.4 Å². The molecule has 1 heterocycles. The molecule has 0 aliphatic heterocycles. The molecule has 2 aromatic rings. The van der Waals surface area contributed by atoms with Gasteiger partial charge in [0.15, 0.2) is 4.47 Å². The Morgan fingerprint density at radius 1 is 1.58 bits per heavy atom. The predicted octanol–water partition coefficient (Wildman–Crippen LogP) is 3.12. The second-order valence-corrected chi connectivity index (χ2v) is 5.35. The molecule has 7 heteroatoms. The summed E-state index contributed by atoms with van der Waals surface area (Å²) in [6, 6.07) is 4.91. The van der Waals surface area contributed by atoms with E-state index in [9.17, 15) is 4.79 Å². The Bertz CT molecular complexity index is 600. The van der Waals surface area contributed by atoms with Crippen molar-refractivity contribution >= 4 is 34.6 Å². The number of benzene rings is 1. The lowest BCUT2D eigenvalue weighted by Gasteiger charge is -2.09. The van der Waals surface area contributed by atoms with E-state index in [1.165, 1.54) is 24.5 Å². The van der Waals surface area contributed by atoms with Crippen LogP contribution >= 0.6 is 22.9 Å². The molecule has 0 aliphatic carbocycles. The number of methoxy groups -OCH3 is 1. The van der Waals surface area contributed by atoms with Crippen molar-refractivity contribution in [3.8, 4) is 5.75 Å². The molecule has 1 aromatic carbocycles. The molecule has 0 saturated carbocycles. The maximum atomic E-state index is 11.1. The minimum atomic E-state index is -1.03. The first-order valence-electron chi connectivity index (χ1n) is 5.35. The molecule has 0 saturated heterocycles. The van der Waals surface area contributed by atoms with Crippen LogP contribution in [0.25, 0.3) is 0 Å². The van der Waals surface area contributed by atoms with Crippen molar-refractivity contribution in [1.29, 1.82) is 0 Å². The molecule has 0 spiro atoms. The molecule has 5 nitrogen and oxygen atoms in total. The van der Waals surface area contributed by atoms with E-state index in [4.69, 9.17) is 21.4 Å². The lowest BCUT2D eigenvalue weighted by molar-refractivity contribution is 0.0693. The number of ether oxygens (including phenoxy) is 1. The number of thiazole rings is 1. The number of hydrogen-bond acceptors (Lipinski definition) is 5. The van der Waals surface area contributed by atoms with E-state index in [0.717, 1.165) is 4.88 Å². The Labute approximate surface area is 118 Å². The van der Waals surface area contributed by atoms with E-state index in [-0.39, 0.29) is 5.56 Å². The zero-order valence-electron chi connectivity index (χ0n) is 10.0. The number of nitrogens with zero attached hydrogens (tertiary/aromatic N) is 1. The van der Waals surface area contributed by atoms with Gasteiger partial charge in [0.05, 0.1) is 13.7 Å². The van der Waals surface area contributed by atoms with E-state index in [1.807, 2.05) is 0 Å². The molecule has 1 aromatic heterocycles. The number of anilines is 1. The number of carbonyl (C=O) groups is 1. The summed E-state index contributed by atoms with van der Waals surface area (Å²) in [7, 11) is 1.44. The van der Waals surface area contributed by atoms with Crippen LogP contribution in [0.4, 0.5) is 5.69 Å². The van der Waals surface area contributed by atoms with Gasteiger partial charge in [0.2, 0.25) is 0 Å². The van der Waals surface area contributed by atoms with Crippen molar-refractivity contribution in [2.45, 2.75) is 6.54 Å². The largest absolute Gasteiger partial charge is 0.496 e. The van der Waals surface area contributed by atoms with E-state index < -0.39 is 5.97 Å². The molecule has 0 amide bonds. The van der Waals surface area contributed by atoms with Gasteiger partial charge in [-0.2, -0.15) is 0 Å². The molecule has 2 N–H and O–H groups in total. The molecule has 0 fully saturated rings. The lowest BCUT2D eigenvalue weighted by atomic mass is 10.1. The van der Waals surface area contributed by atoms with Crippen molar-refractivity contribution in [3.05, 3.63) is 39.3 Å². The summed E-state index contributed by atoms with van der Waals surface area (Å²) in [5.74, 6) is -0.694. The fourth-order valence-corrected chi connectivity index (χ4v) is 2.46. The first-order valence-corrected chi connectivity index (χ1v) is 6.55. The highest BCUT2D eigenvalue weighted by molar-refractivity contribution is 7.15. The van der Waals surface area contributed by atoms with Crippen LogP contribution in [0.3, 0.4) is 0 Å². The third-order valence-electron chi connectivity index (χ3n) is 2.42. The van der Waals surface area contributed by atoms with Crippen LogP contribution in [0, 0.1) is 0 Å². The number of nitrogens with one attached hydrogen (secondary N) is 1. The summed E-state index contributed by atoms with van der Waals surface area (Å²) < 4.78 is 5.48. The van der Waals surface area contributed by atoms with E-state index >= 15 is 0 Å². The standard InChI is InChI=1S/C12H11ClN2O3S/c1-18-10-3-2-7(4-9(10)11(16)17)14-5-8-6-15-12(13)19-8/h2-4,6,14H,5H2,1H3,(H,16,17). The highest BCUT2D eigenvalue weighted by atomic mass is 35.5. The number of hydrogen-bond donors (Lipinski definition) is 2. The van der Waals surface area contributed by atoms with Crippen LogP contribution in [0.15, 0.2) is 24.4 Å². The van der Waals surface area contributed by atoms with Crippen molar-refractivity contribution in [3.63, 3.8) is 0 Å². The topological polar surface area (TPSA) is 71.5 Å². The number of rotatable bonds is 5. The third kappa shape index (κ3) is 3.36. The average Bonchev–Trinajstić information content (AvgIpc) is 2.81. The monoisotopic (exact) mass is 298 g/mol. The highest BCUT2D eigenvalue weighted by Crippen LogP contribution is 2.24. The Morgan fingerprint density at radius 2 is 2.37 bits per heavy atom. The molecule has 0 atom stereocenters. The summed E-state index contributed by atoms with van der Waals surface area (Å²) >= 11 is 7.11. The lowest BCUT2D eigenvalue weighted by Crippen LogP contribution is -2.03. The van der Waals surface area contributed by atoms with Gasteiger partial charge in [-0.15, -0.1) is 11.3 Å². The second-order valence-electron chi connectivity index (χ2n) is 3.65. The average molecular weight is 299 g/mol. The quantitative estimate of drug-likeness (QED) is 0.887. The second kappa shape index (κ2) is 5.90. The van der Waals surface area contributed by atoms with Gasteiger partial charge in [0.25, 0.3) is 0 Å². The Kier molecular flexibility index (Phi) is 4.24. The zero-order valence-corrected chi connectivity index (χ0v) is 11.6. The minimum Gasteiger partial charge on any atom is -0.496 e. The fraction of sp³-hybridized carbons (Fsp3) is 0.167. The van der Waals surface area contributed by atoms with Crippen LogP contribution in [-0.4, -0.2) is 23.2 Å².